The summed E-state index contributed by atoms with van der Waals surface area (Å²) >= 11 is 0. The van der Waals surface area contributed by atoms with E-state index in [1.807, 2.05) is 6.07 Å². The molecule has 188 valence electrons. The van der Waals surface area contributed by atoms with Gasteiger partial charge in [0.05, 0.1) is 0 Å². The minimum Gasteiger partial charge on any atom is -0.0622 e. The summed E-state index contributed by atoms with van der Waals surface area (Å²) in [5, 5.41) is 0. The van der Waals surface area contributed by atoms with Crippen molar-refractivity contribution in [3.8, 4) is 0 Å². The Morgan fingerprint density at radius 1 is 0.359 bits per heavy atom. The van der Waals surface area contributed by atoms with E-state index in [2.05, 4.69) is 177 Å². The zero-order valence-electron chi connectivity index (χ0n) is 22.2. The molecule has 0 bridgehead atoms. The molecule has 0 nitrogen and oxygen atoms in total. The molecular formula is C39H32. The van der Waals surface area contributed by atoms with Crippen LogP contribution in [0.1, 0.15) is 51.4 Å². The van der Waals surface area contributed by atoms with Gasteiger partial charge in [-0.05, 0) is 57.0 Å². The van der Waals surface area contributed by atoms with E-state index in [1.54, 1.807) is 0 Å². The minimum atomic E-state index is 1.18. The average Bonchev–Trinajstić information content (AvgIpc) is 3.00. The summed E-state index contributed by atoms with van der Waals surface area (Å²) < 4.78 is 0. The maximum Gasteiger partial charge on any atom is -0.0181 e. The molecule has 5 rings (SSSR count). The average molecular weight is 501 g/mol. The Hall–Kier alpha value is -4.94. The van der Waals surface area contributed by atoms with Crippen molar-refractivity contribution >= 4 is 48.1 Å². The Labute approximate surface area is 232 Å². The van der Waals surface area contributed by atoms with E-state index >= 15 is 0 Å². The van der Waals surface area contributed by atoms with Crippen molar-refractivity contribution in [1.29, 1.82) is 0 Å². The largest absolute Gasteiger partial charge is 0.0622 e. The van der Waals surface area contributed by atoms with Crippen molar-refractivity contribution in [2.24, 2.45) is 0 Å². The van der Waals surface area contributed by atoms with Gasteiger partial charge in [0.1, 0.15) is 0 Å². The van der Waals surface area contributed by atoms with E-state index in [1.165, 1.54) is 50.1 Å². The van der Waals surface area contributed by atoms with Crippen molar-refractivity contribution in [2.75, 3.05) is 0 Å². The summed E-state index contributed by atoms with van der Waals surface area (Å²) in [6.07, 6.45) is 15.5. The predicted octanol–water partition coefficient (Wildman–Crippen LogP) is 10.8. The van der Waals surface area contributed by atoms with Gasteiger partial charge in [0, 0.05) is 0 Å². The lowest BCUT2D eigenvalue weighted by Crippen LogP contribution is -1.84. The van der Waals surface area contributed by atoms with Crippen molar-refractivity contribution < 1.29 is 0 Å². The van der Waals surface area contributed by atoms with Crippen LogP contribution in [0, 0.1) is 0 Å². The minimum absolute atomic E-state index is 1.18. The van der Waals surface area contributed by atoms with E-state index in [9.17, 15) is 0 Å². The smallest absolute Gasteiger partial charge is 0.0181 e. The summed E-state index contributed by atoms with van der Waals surface area (Å²) in [5.41, 5.74) is 10.8. The molecule has 5 aromatic carbocycles. The monoisotopic (exact) mass is 500 g/mol. The lowest BCUT2D eigenvalue weighted by atomic mass is 9.99. The van der Waals surface area contributed by atoms with Crippen LogP contribution in [0.5, 0.6) is 0 Å². The molecule has 0 saturated heterocycles. The van der Waals surface area contributed by atoms with E-state index in [0.29, 0.717) is 0 Å². The van der Waals surface area contributed by atoms with Crippen LogP contribution in [-0.2, 0) is 0 Å². The summed E-state index contributed by atoms with van der Waals surface area (Å²) in [5.74, 6) is 0. The zero-order valence-corrected chi connectivity index (χ0v) is 22.2. The molecule has 0 fully saturated rings. The topological polar surface area (TPSA) is 0 Å². The highest BCUT2D eigenvalue weighted by Gasteiger charge is 2.01. The second-order valence-electron chi connectivity index (χ2n) is 9.49. The molecule has 0 saturated carbocycles. The van der Waals surface area contributed by atoms with Crippen LogP contribution in [0.2, 0.25) is 0 Å². The molecule has 0 spiro atoms. The fourth-order valence-electron chi connectivity index (χ4n) is 4.55. The first-order chi connectivity index (χ1) is 19.3. The lowest BCUT2D eigenvalue weighted by Gasteiger charge is -2.06. The third-order valence-corrected chi connectivity index (χ3v) is 6.73. The normalized spacial score (nSPS) is 12.1. The molecule has 0 aliphatic rings. The molecule has 5 aromatic rings. The number of hydrogen-bond acceptors (Lipinski definition) is 0. The fourth-order valence-corrected chi connectivity index (χ4v) is 4.55. The molecule has 0 aliphatic heterocycles. The van der Waals surface area contributed by atoms with Crippen LogP contribution in [0.25, 0.3) is 48.1 Å². The molecule has 0 aliphatic carbocycles. The van der Waals surface area contributed by atoms with Gasteiger partial charge in [0.25, 0.3) is 0 Å². The van der Waals surface area contributed by atoms with Crippen molar-refractivity contribution in [1.82, 2.24) is 0 Å². The summed E-state index contributed by atoms with van der Waals surface area (Å²) in [6.45, 7) is 2.17. The Balaban J connectivity index is 1.39. The van der Waals surface area contributed by atoms with Gasteiger partial charge in [-0.25, -0.2) is 0 Å². The third-order valence-electron chi connectivity index (χ3n) is 6.73. The lowest BCUT2D eigenvalue weighted by molar-refractivity contribution is 1.56. The van der Waals surface area contributed by atoms with E-state index in [-0.39, 0.29) is 0 Å². The quantitative estimate of drug-likeness (QED) is 0.186. The van der Waals surface area contributed by atoms with Gasteiger partial charge in [0.2, 0.25) is 0 Å². The highest BCUT2D eigenvalue weighted by molar-refractivity contribution is 5.86. The molecule has 0 radical (unpaired) electrons. The fraction of sp³-hybridized carbons (Fsp3) is 0.0256. The van der Waals surface area contributed by atoms with Crippen LogP contribution in [-0.4, -0.2) is 0 Å². The zero-order chi connectivity index (χ0) is 26.7. The molecule has 0 heteroatoms. The van der Waals surface area contributed by atoms with E-state index in [4.69, 9.17) is 0 Å². The van der Waals surface area contributed by atoms with Gasteiger partial charge in [-0.15, -0.1) is 0 Å². The maximum atomic E-state index is 2.26. The Morgan fingerprint density at radius 2 is 0.692 bits per heavy atom. The van der Waals surface area contributed by atoms with Crippen LogP contribution < -0.4 is 0 Å². The number of benzene rings is 5. The Kier molecular flexibility index (Phi) is 8.59. The molecular weight excluding hydrogens is 468 g/mol. The van der Waals surface area contributed by atoms with Crippen molar-refractivity contribution in [3.63, 3.8) is 0 Å². The maximum absolute atomic E-state index is 2.26. The Morgan fingerprint density at radius 3 is 1.15 bits per heavy atom. The Bertz CT molecular complexity index is 1630. The highest BCUT2D eigenvalue weighted by atomic mass is 14.1. The first-order valence-corrected chi connectivity index (χ1v) is 13.4. The summed E-state index contributed by atoms with van der Waals surface area (Å²) in [7, 11) is 0. The summed E-state index contributed by atoms with van der Waals surface area (Å²) in [4.78, 5) is 0. The third kappa shape index (κ3) is 7.09. The van der Waals surface area contributed by atoms with Crippen LogP contribution in [0.3, 0.4) is 0 Å². The van der Waals surface area contributed by atoms with Crippen LogP contribution in [0.15, 0.2) is 133 Å². The van der Waals surface area contributed by atoms with Gasteiger partial charge in [-0.1, -0.05) is 176 Å². The van der Waals surface area contributed by atoms with Gasteiger partial charge < -0.3 is 0 Å². The molecule has 0 unspecified atom stereocenters. The number of hydrogen-bond donors (Lipinski definition) is 0. The molecule has 0 N–H and O–H groups in total. The van der Waals surface area contributed by atoms with Crippen LogP contribution in [0.4, 0.5) is 0 Å². The second-order valence-corrected chi connectivity index (χ2v) is 9.49. The number of rotatable bonds is 8. The van der Waals surface area contributed by atoms with Gasteiger partial charge in [-0.2, -0.15) is 0 Å². The molecule has 0 amide bonds. The van der Waals surface area contributed by atoms with Crippen molar-refractivity contribution in [2.45, 2.75) is 6.92 Å². The molecule has 0 heterocycles. The first kappa shape index (κ1) is 25.7. The van der Waals surface area contributed by atoms with Gasteiger partial charge >= 0.3 is 0 Å². The first-order valence-electron chi connectivity index (χ1n) is 13.4. The van der Waals surface area contributed by atoms with E-state index in [0.717, 1.165) is 0 Å². The standard InChI is InChI=1S/C39H32/c1-31(33-16-6-3-7-17-33)30-39-23-13-12-22-38(39)29-28-37-21-11-10-20-36(37)27-26-35-19-9-8-18-34(35)25-24-32-14-4-2-5-15-32/h2-30H,1H3/b25-24?,27-26?,29-28?,31-30-. The molecule has 0 atom stereocenters. The van der Waals surface area contributed by atoms with Gasteiger partial charge in [0.15, 0.2) is 0 Å². The van der Waals surface area contributed by atoms with E-state index < -0.39 is 0 Å². The number of allylic oxidation sites excluding steroid dienone is 1. The molecule has 0 aromatic heterocycles. The second kappa shape index (κ2) is 13.0. The summed E-state index contributed by atoms with van der Waals surface area (Å²) in [6, 6.07) is 46.5. The highest BCUT2D eigenvalue weighted by Crippen LogP contribution is 2.23. The predicted molar refractivity (Wildman–Crippen MR) is 173 cm³/mol. The SMILES string of the molecule is C/C(=C/c1ccccc1C=Cc1ccccc1C=Cc1ccccc1C=Cc1ccccc1)c1ccccc1. The molecule has 39 heavy (non-hydrogen) atoms. The van der Waals surface area contributed by atoms with Crippen LogP contribution >= 0.6 is 0 Å². The van der Waals surface area contributed by atoms with Gasteiger partial charge in [-0.3, -0.25) is 0 Å². The van der Waals surface area contributed by atoms with Crippen molar-refractivity contribution in [3.05, 3.63) is 178 Å².